The molecule has 1 aromatic heterocycles. The molecule has 0 fully saturated rings. The zero-order valence-electron chi connectivity index (χ0n) is 11.8. The van der Waals surface area contributed by atoms with Gasteiger partial charge in [-0.25, -0.2) is 0 Å². The minimum absolute atomic E-state index is 0.106. The molecule has 1 N–H and O–H groups in total. The topological polar surface area (TPSA) is 112 Å². The maximum Gasteiger partial charge on any atom is 0.298 e. The van der Waals surface area contributed by atoms with Gasteiger partial charge in [-0.2, -0.15) is 0 Å². The summed E-state index contributed by atoms with van der Waals surface area (Å²) in [7, 11) is 0. The number of ether oxygens (including phenoxy) is 2. The van der Waals surface area contributed by atoms with Crippen molar-refractivity contribution in [1.82, 2.24) is 4.98 Å². The van der Waals surface area contributed by atoms with Gasteiger partial charge >= 0.3 is 0 Å². The van der Waals surface area contributed by atoms with Crippen LogP contribution in [0.1, 0.15) is 19.8 Å². The molecule has 22 heavy (non-hydrogen) atoms. The van der Waals surface area contributed by atoms with E-state index < -0.39 is 10.5 Å². The Hall–Kier alpha value is -2.90. The standard InChI is InChI=1S/C14H14N2O6/c1-2-3-6-21-12-10-5-4-9(16(19)20)7-11(10)15-14(18)13(12)22-8-17/h4-5,7-8H,2-3,6H2,1H3,(H,15,18). The van der Waals surface area contributed by atoms with E-state index in [1.54, 1.807) is 0 Å². The molecule has 0 radical (unpaired) electrons. The third kappa shape index (κ3) is 3.05. The number of fused-ring (bicyclic) bond motifs is 1. The number of aromatic amines is 1. The predicted molar refractivity (Wildman–Crippen MR) is 78.3 cm³/mol. The Morgan fingerprint density at radius 1 is 1.36 bits per heavy atom. The summed E-state index contributed by atoms with van der Waals surface area (Å²) in [6.07, 6.45) is 1.64. The van der Waals surface area contributed by atoms with E-state index in [1.165, 1.54) is 18.2 Å². The minimum atomic E-state index is -0.688. The van der Waals surface area contributed by atoms with Crippen molar-refractivity contribution in [3.05, 3.63) is 38.7 Å². The van der Waals surface area contributed by atoms with Crippen LogP contribution < -0.4 is 15.0 Å². The molecule has 2 aromatic rings. The number of carbonyl (C=O) groups is 1. The quantitative estimate of drug-likeness (QED) is 0.363. The van der Waals surface area contributed by atoms with Crippen molar-refractivity contribution < 1.29 is 19.2 Å². The predicted octanol–water partition coefficient (Wildman–Crippen LogP) is 2.15. The Kier molecular flexibility index (Phi) is 4.72. The molecule has 0 unspecified atom stereocenters. The molecule has 1 heterocycles. The molecule has 1 aromatic carbocycles. The Morgan fingerprint density at radius 2 is 2.14 bits per heavy atom. The van der Waals surface area contributed by atoms with Crippen molar-refractivity contribution in [3.8, 4) is 11.5 Å². The lowest BCUT2D eigenvalue weighted by Gasteiger charge is -2.11. The normalized spacial score (nSPS) is 10.4. The second-order valence-electron chi connectivity index (χ2n) is 4.52. The van der Waals surface area contributed by atoms with E-state index in [0.717, 1.165) is 12.8 Å². The number of hydrogen-bond acceptors (Lipinski definition) is 6. The summed E-state index contributed by atoms with van der Waals surface area (Å²) in [5, 5.41) is 11.2. The number of nitrogens with one attached hydrogen (secondary N) is 1. The molecule has 8 heteroatoms. The van der Waals surface area contributed by atoms with E-state index in [4.69, 9.17) is 9.47 Å². The molecule has 0 amide bonds. The van der Waals surface area contributed by atoms with Crippen LogP contribution in [0.3, 0.4) is 0 Å². The molecule has 0 saturated carbocycles. The third-order valence-electron chi connectivity index (χ3n) is 3.03. The van der Waals surface area contributed by atoms with Crippen molar-refractivity contribution in [2.45, 2.75) is 19.8 Å². The molecular weight excluding hydrogens is 292 g/mol. The molecule has 0 aliphatic heterocycles. The fraction of sp³-hybridized carbons (Fsp3) is 0.286. The first-order valence-corrected chi connectivity index (χ1v) is 6.66. The molecule has 0 aliphatic carbocycles. The lowest BCUT2D eigenvalue weighted by Crippen LogP contribution is -2.13. The lowest BCUT2D eigenvalue weighted by atomic mass is 10.1. The molecule has 0 aliphatic rings. The fourth-order valence-corrected chi connectivity index (χ4v) is 1.97. The highest BCUT2D eigenvalue weighted by molar-refractivity contribution is 5.89. The highest BCUT2D eigenvalue weighted by Crippen LogP contribution is 2.33. The largest absolute Gasteiger partial charge is 0.489 e. The zero-order chi connectivity index (χ0) is 16.1. The lowest BCUT2D eigenvalue weighted by molar-refractivity contribution is -0.384. The number of nitro benzene ring substituents is 1. The SMILES string of the molecule is CCCCOc1c(OC=O)c(=O)[nH]c2cc([N+](=O)[O-])ccc12. The van der Waals surface area contributed by atoms with E-state index in [0.29, 0.717) is 12.0 Å². The summed E-state index contributed by atoms with van der Waals surface area (Å²) < 4.78 is 10.3. The molecule has 8 nitrogen and oxygen atoms in total. The van der Waals surface area contributed by atoms with Crippen LogP contribution in [0.5, 0.6) is 11.5 Å². The molecule has 0 bridgehead atoms. The van der Waals surface area contributed by atoms with Gasteiger partial charge in [0.15, 0.2) is 5.75 Å². The second kappa shape index (κ2) is 6.70. The Balaban J connectivity index is 2.62. The number of H-pyrrole nitrogens is 1. The van der Waals surface area contributed by atoms with E-state index in [9.17, 15) is 19.7 Å². The number of hydrogen-bond donors (Lipinski definition) is 1. The van der Waals surface area contributed by atoms with E-state index in [2.05, 4.69) is 4.98 Å². The summed E-state index contributed by atoms with van der Waals surface area (Å²) in [5.74, 6) is -0.151. The van der Waals surface area contributed by atoms with Crippen LogP contribution >= 0.6 is 0 Å². The first-order chi connectivity index (χ1) is 10.6. The Morgan fingerprint density at radius 3 is 2.77 bits per heavy atom. The Bertz CT molecular complexity index is 768. The van der Waals surface area contributed by atoms with Crippen LogP contribution in [-0.4, -0.2) is 23.0 Å². The van der Waals surface area contributed by atoms with E-state index >= 15 is 0 Å². The number of aromatic nitrogens is 1. The van der Waals surface area contributed by atoms with Gasteiger partial charge in [0.1, 0.15) is 0 Å². The van der Waals surface area contributed by atoms with Crippen molar-refractivity contribution in [3.63, 3.8) is 0 Å². The fourth-order valence-electron chi connectivity index (χ4n) is 1.97. The van der Waals surface area contributed by atoms with Crippen molar-refractivity contribution >= 4 is 23.1 Å². The second-order valence-corrected chi connectivity index (χ2v) is 4.52. The number of benzene rings is 1. The minimum Gasteiger partial charge on any atom is -0.489 e. The summed E-state index contributed by atoms with van der Waals surface area (Å²) in [6.45, 7) is 2.45. The monoisotopic (exact) mass is 306 g/mol. The molecule has 116 valence electrons. The number of pyridine rings is 1. The number of carbonyl (C=O) groups excluding carboxylic acids is 1. The highest BCUT2D eigenvalue weighted by Gasteiger charge is 2.18. The van der Waals surface area contributed by atoms with Gasteiger partial charge < -0.3 is 14.5 Å². The van der Waals surface area contributed by atoms with Gasteiger partial charge in [0.05, 0.1) is 17.0 Å². The molecule has 0 spiro atoms. The summed E-state index contributed by atoms with van der Waals surface area (Å²) >= 11 is 0. The third-order valence-corrected chi connectivity index (χ3v) is 3.03. The van der Waals surface area contributed by atoms with Crippen LogP contribution in [0, 0.1) is 10.1 Å². The average molecular weight is 306 g/mol. The van der Waals surface area contributed by atoms with Crippen LogP contribution in [0.4, 0.5) is 5.69 Å². The number of nitro groups is 1. The number of unbranched alkanes of at least 4 members (excludes halogenated alkanes) is 1. The molecule has 2 rings (SSSR count). The average Bonchev–Trinajstić information content (AvgIpc) is 2.49. The van der Waals surface area contributed by atoms with E-state index in [-0.39, 0.29) is 29.2 Å². The highest BCUT2D eigenvalue weighted by atomic mass is 16.6. The maximum atomic E-state index is 12.0. The van der Waals surface area contributed by atoms with Crippen LogP contribution in [0.25, 0.3) is 10.9 Å². The van der Waals surface area contributed by atoms with Crippen LogP contribution in [-0.2, 0) is 4.79 Å². The van der Waals surface area contributed by atoms with Gasteiger partial charge in [0, 0.05) is 17.5 Å². The summed E-state index contributed by atoms with van der Waals surface area (Å²) in [6, 6.07) is 3.97. The summed E-state index contributed by atoms with van der Waals surface area (Å²) in [5.41, 5.74) is -0.609. The first-order valence-electron chi connectivity index (χ1n) is 6.66. The van der Waals surface area contributed by atoms with Crippen LogP contribution in [0.2, 0.25) is 0 Å². The molecule has 0 atom stereocenters. The zero-order valence-corrected chi connectivity index (χ0v) is 11.8. The summed E-state index contributed by atoms with van der Waals surface area (Å²) in [4.78, 5) is 35.2. The molecular formula is C14H14N2O6. The van der Waals surface area contributed by atoms with Gasteiger partial charge in [-0.1, -0.05) is 13.3 Å². The van der Waals surface area contributed by atoms with Gasteiger partial charge in [-0.15, -0.1) is 0 Å². The molecule has 0 saturated heterocycles. The van der Waals surface area contributed by atoms with Gasteiger partial charge in [0.2, 0.25) is 5.75 Å². The van der Waals surface area contributed by atoms with Crippen LogP contribution in [0.15, 0.2) is 23.0 Å². The van der Waals surface area contributed by atoms with E-state index in [1.807, 2.05) is 6.92 Å². The maximum absolute atomic E-state index is 12.0. The van der Waals surface area contributed by atoms with Crippen molar-refractivity contribution in [2.75, 3.05) is 6.61 Å². The van der Waals surface area contributed by atoms with Crippen molar-refractivity contribution in [2.24, 2.45) is 0 Å². The number of rotatable bonds is 7. The van der Waals surface area contributed by atoms with Crippen molar-refractivity contribution in [1.29, 1.82) is 0 Å². The number of nitrogens with zero attached hydrogens (tertiary/aromatic N) is 1. The first kappa shape index (κ1) is 15.5. The Labute approximate surface area is 124 Å². The smallest absolute Gasteiger partial charge is 0.298 e. The van der Waals surface area contributed by atoms with Gasteiger partial charge in [0.25, 0.3) is 17.7 Å². The van der Waals surface area contributed by atoms with Gasteiger partial charge in [-0.05, 0) is 12.5 Å². The van der Waals surface area contributed by atoms with Gasteiger partial charge in [-0.3, -0.25) is 19.7 Å². The number of non-ortho nitro benzene ring substituents is 1.